The number of rotatable bonds is 12. The first-order valence-electron chi connectivity index (χ1n) is 12.5. The van der Waals surface area contributed by atoms with Crippen LogP contribution in [0.5, 0.6) is 0 Å². The van der Waals surface area contributed by atoms with Crippen LogP contribution in [0.2, 0.25) is 0 Å². The minimum Gasteiger partial charge on any atom is -0.406 e. The van der Waals surface area contributed by atoms with E-state index in [1.54, 1.807) is 0 Å². The van der Waals surface area contributed by atoms with Gasteiger partial charge in [-0.05, 0) is 23.8 Å². The Morgan fingerprint density at radius 3 is 2.10 bits per heavy atom. The van der Waals surface area contributed by atoms with E-state index in [-0.39, 0.29) is 18.6 Å². The van der Waals surface area contributed by atoms with Crippen molar-refractivity contribution >= 4 is 12.6 Å². The summed E-state index contributed by atoms with van der Waals surface area (Å²) in [5, 5.41) is 0. The van der Waals surface area contributed by atoms with Crippen LogP contribution in [0.1, 0.15) is 91.9 Å². The number of hydrogen-bond donors (Lipinski definition) is 0. The van der Waals surface area contributed by atoms with Gasteiger partial charge in [-0.25, -0.2) is 0 Å². The fourth-order valence-corrected chi connectivity index (χ4v) is 4.14. The molecule has 0 bridgehead atoms. The Morgan fingerprint density at radius 2 is 1.50 bits per heavy atom. The topological polar surface area (TPSA) is 21.7 Å². The molecule has 1 aromatic carbocycles. The first-order valence-corrected chi connectivity index (χ1v) is 12.5. The van der Waals surface area contributed by atoms with Crippen molar-refractivity contribution in [2.24, 2.45) is 5.41 Å². The zero-order valence-corrected chi connectivity index (χ0v) is 20.2. The lowest BCUT2D eigenvalue weighted by atomic mass is 9.76. The SMILES string of the molecule is CCCCCCCCCCCCN1CCOB(c2ccccc2)OC(C(C)(C)C)C1. The number of hydrogen-bond acceptors (Lipinski definition) is 3. The van der Waals surface area contributed by atoms with E-state index < -0.39 is 0 Å². The first-order chi connectivity index (χ1) is 14.5. The highest BCUT2D eigenvalue weighted by molar-refractivity contribution is 6.61. The average Bonchev–Trinajstić information content (AvgIpc) is 2.70. The zero-order valence-electron chi connectivity index (χ0n) is 20.2. The van der Waals surface area contributed by atoms with Gasteiger partial charge in [-0.2, -0.15) is 0 Å². The Morgan fingerprint density at radius 1 is 0.900 bits per heavy atom. The fraction of sp³-hybridized carbons (Fsp3) is 0.769. The lowest BCUT2D eigenvalue weighted by Gasteiger charge is -2.39. The summed E-state index contributed by atoms with van der Waals surface area (Å²) in [4.78, 5) is 2.56. The number of unbranched alkanes of at least 4 members (excludes halogenated alkanes) is 9. The molecule has 2 rings (SSSR count). The second-order valence-corrected chi connectivity index (χ2v) is 10.1. The molecule has 170 valence electrons. The van der Waals surface area contributed by atoms with Crippen molar-refractivity contribution in [2.45, 2.75) is 98.0 Å². The van der Waals surface area contributed by atoms with Gasteiger partial charge in [0.1, 0.15) is 0 Å². The van der Waals surface area contributed by atoms with Crippen LogP contribution in [0.15, 0.2) is 30.3 Å². The molecule has 4 heteroatoms. The maximum absolute atomic E-state index is 6.51. The summed E-state index contributed by atoms with van der Waals surface area (Å²) in [5.74, 6) is 0. The molecule has 1 aliphatic rings. The molecule has 0 N–H and O–H groups in total. The van der Waals surface area contributed by atoms with E-state index in [4.69, 9.17) is 9.31 Å². The first kappa shape index (κ1) is 25.4. The molecule has 30 heavy (non-hydrogen) atoms. The maximum Gasteiger partial charge on any atom is 0.494 e. The molecule has 0 saturated carbocycles. The predicted octanol–water partition coefficient (Wildman–Crippen LogP) is 6.07. The van der Waals surface area contributed by atoms with Gasteiger partial charge in [0.05, 0.1) is 6.10 Å². The van der Waals surface area contributed by atoms with Crippen LogP contribution in [-0.4, -0.2) is 44.4 Å². The van der Waals surface area contributed by atoms with E-state index >= 15 is 0 Å². The standard InChI is InChI=1S/C26H46BNO2/c1-5-6-7-8-9-10-11-12-13-17-20-28-21-22-29-27(24-18-15-14-16-19-24)30-25(23-28)26(2,3)4/h14-16,18-19,25H,5-13,17,20-23H2,1-4H3. The quantitative estimate of drug-likeness (QED) is 0.306. The molecule has 0 aromatic heterocycles. The van der Waals surface area contributed by atoms with E-state index in [9.17, 15) is 0 Å². The highest BCUT2D eigenvalue weighted by Gasteiger charge is 2.35. The molecule has 1 fully saturated rings. The summed E-state index contributed by atoms with van der Waals surface area (Å²) in [5.41, 5.74) is 1.21. The largest absolute Gasteiger partial charge is 0.494 e. The van der Waals surface area contributed by atoms with E-state index in [1.165, 1.54) is 64.2 Å². The van der Waals surface area contributed by atoms with Gasteiger partial charge >= 0.3 is 7.12 Å². The van der Waals surface area contributed by atoms with Crippen LogP contribution in [-0.2, 0) is 9.31 Å². The Labute approximate surface area is 187 Å². The molecule has 1 unspecified atom stereocenters. The van der Waals surface area contributed by atoms with Crippen LogP contribution in [0.25, 0.3) is 0 Å². The van der Waals surface area contributed by atoms with E-state index in [2.05, 4.69) is 56.9 Å². The molecule has 0 amide bonds. The van der Waals surface area contributed by atoms with Crippen molar-refractivity contribution in [3.63, 3.8) is 0 Å². The van der Waals surface area contributed by atoms with E-state index in [0.29, 0.717) is 0 Å². The van der Waals surface area contributed by atoms with E-state index in [1.807, 2.05) is 6.07 Å². The average molecular weight is 415 g/mol. The van der Waals surface area contributed by atoms with Crippen molar-refractivity contribution < 1.29 is 9.31 Å². The lowest BCUT2D eigenvalue weighted by molar-refractivity contribution is 0.00561. The molecule has 1 atom stereocenters. The molecule has 0 aliphatic carbocycles. The van der Waals surface area contributed by atoms with Crippen molar-refractivity contribution in [1.29, 1.82) is 0 Å². The molecule has 0 radical (unpaired) electrons. The molecule has 1 aromatic rings. The number of benzene rings is 1. The Bertz CT molecular complexity index is 546. The summed E-state index contributed by atoms with van der Waals surface area (Å²) < 4.78 is 12.7. The fourth-order valence-electron chi connectivity index (χ4n) is 4.14. The second-order valence-electron chi connectivity index (χ2n) is 10.1. The van der Waals surface area contributed by atoms with Crippen molar-refractivity contribution in [1.82, 2.24) is 4.90 Å². The van der Waals surface area contributed by atoms with Gasteiger partial charge in [0.15, 0.2) is 0 Å². The highest BCUT2D eigenvalue weighted by Crippen LogP contribution is 2.25. The van der Waals surface area contributed by atoms with Crippen molar-refractivity contribution in [2.75, 3.05) is 26.2 Å². The predicted molar refractivity (Wildman–Crippen MR) is 130 cm³/mol. The molecular weight excluding hydrogens is 369 g/mol. The van der Waals surface area contributed by atoms with Crippen molar-refractivity contribution in [3.05, 3.63) is 30.3 Å². The summed E-state index contributed by atoms with van der Waals surface area (Å²) in [6.45, 7) is 13.0. The van der Waals surface area contributed by atoms with Crippen LogP contribution < -0.4 is 5.46 Å². The second kappa shape index (κ2) is 14.3. The Balaban J connectivity index is 1.71. The minimum atomic E-state index is -0.255. The summed E-state index contributed by atoms with van der Waals surface area (Å²) in [6.07, 6.45) is 14.0. The molecule has 1 aliphatic heterocycles. The molecule has 0 spiro atoms. The lowest BCUT2D eigenvalue weighted by Crippen LogP contribution is -2.52. The van der Waals surface area contributed by atoms with Gasteiger partial charge < -0.3 is 9.31 Å². The molecule has 3 nitrogen and oxygen atoms in total. The Hall–Kier alpha value is -0.835. The van der Waals surface area contributed by atoms with Gasteiger partial charge in [-0.15, -0.1) is 0 Å². The maximum atomic E-state index is 6.51. The third-order valence-corrected chi connectivity index (χ3v) is 6.25. The smallest absolute Gasteiger partial charge is 0.406 e. The van der Waals surface area contributed by atoms with Gasteiger partial charge in [0, 0.05) is 19.7 Å². The van der Waals surface area contributed by atoms with Crippen molar-refractivity contribution in [3.8, 4) is 0 Å². The van der Waals surface area contributed by atoms with Crippen LogP contribution in [0.3, 0.4) is 0 Å². The molecule has 1 saturated heterocycles. The van der Waals surface area contributed by atoms with Gasteiger partial charge in [-0.1, -0.05) is 116 Å². The van der Waals surface area contributed by atoms with Gasteiger partial charge in [0.25, 0.3) is 0 Å². The monoisotopic (exact) mass is 415 g/mol. The summed E-state index contributed by atoms with van der Waals surface area (Å²) in [6, 6.07) is 10.4. The van der Waals surface area contributed by atoms with Crippen LogP contribution >= 0.6 is 0 Å². The summed E-state index contributed by atoms with van der Waals surface area (Å²) in [7, 11) is -0.255. The van der Waals surface area contributed by atoms with Gasteiger partial charge in [0.2, 0.25) is 0 Å². The van der Waals surface area contributed by atoms with Crippen LogP contribution in [0, 0.1) is 5.41 Å². The Kier molecular flexibility index (Phi) is 12.1. The normalized spacial score (nSPS) is 18.9. The number of nitrogens with zero attached hydrogens (tertiary/aromatic N) is 1. The van der Waals surface area contributed by atoms with E-state index in [0.717, 1.165) is 31.7 Å². The van der Waals surface area contributed by atoms with Gasteiger partial charge in [-0.3, -0.25) is 4.90 Å². The minimum absolute atomic E-state index is 0.0871. The van der Waals surface area contributed by atoms with Crippen LogP contribution in [0.4, 0.5) is 0 Å². The zero-order chi connectivity index (χ0) is 21.7. The third kappa shape index (κ3) is 9.98. The highest BCUT2D eigenvalue weighted by atomic mass is 16.6. The third-order valence-electron chi connectivity index (χ3n) is 6.25. The molecule has 1 heterocycles. The molecular formula is C26H46BNO2. The summed E-state index contributed by atoms with van der Waals surface area (Å²) >= 11 is 0.